The van der Waals surface area contributed by atoms with Crippen LogP contribution in [-0.4, -0.2) is 12.2 Å². The highest BCUT2D eigenvalue weighted by Gasteiger charge is 2.02. The number of rotatable bonds is 4. The van der Waals surface area contributed by atoms with Crippen LogP contribution in [0, 0.1) is 17.2 Å². The zero-order valence-corrected chi connectivity index (χ0v) is 5.77. The summed E-state index contributed by atoms with van der Waals surface area (Å²) in [6.45, 7) is 0. The van der Waals surface area contributed by atoms with Crippen LogP contribution in [0.1, 0.15) is 12.8 Å². The molecule has 1 atom stereocenters. The van der Waals surface area contributed by atoms with Crippen LogP contribution in [-0.2, 0) is 4.79 Å². The Morgan fingerprint density at radius 2 is 2.44 bits per heavy atom. The molecule has 0 saturated carbocycles. The van der Waals surface area contributed by atoms with Crippen LogP contribution in [0.2, 0.25) is 0 Å². The lowest BCUT2D eigenvalue weighted by Gasteiger charge is -1.98. The molecule has 1 unspecified atom stereocenters. The molecule has 3 heteroatoms. The molecule has 0 bridgehead atoms. The maximum Gasteiger partial charge on any atom is 0.124 e. The molecular weight excluding hydrogens is 138 g/mol. The van der Waals surface area contributed by atoms with Crippen LogP contribution in [0.15, 0.2) is 0 Å². The number of nitriles is 1. The first-order chi connectivity index (χ1) is 4.35. The van der Waals surface area contributed by atoms with Gasteiger partial charge < -0.3 is 4.79 Å². The summed E-state index contributed by atoms with van der Waals surface area (Å²) in [5, 5.41) is 8.10. The van der Waals surface area contributed by atoms with Crippen molar-refractivity contribution < 1.29 is 4.79 Å². The van der Waals surface area contributed by atoms with Gasteiger partial charge in [-0.15, -0.1) is 11.6 Å². The number of aldehydes is 1. The fourth-order valence-electron chi connectivity index (χ4n) is 0.432. The van der Waals surface area contributed by atoms with Gasteiger partial charge >= 0.3 is 0 Å². The van der Waals surface area contributed by atoms with Crippen molar-refractivity contribution in [3.63, 3.8) is 0 Å². The van der Waals surface area contributed by atoms with Crippen molar-refractivity contribution in [3.05, 3.63) is 0 Å². The number of alkyl halides is 1. The molecule has 0 N–H and O–H groups in total. The van der Waals surface area contributed by atoms with Gasteiger partial charge in [-0.1, -0.05) is 0 Å². The molecule has 0 spiro atoms. The number of halogens is 1. The Morgan fingerprint density at radius 1 is 1.78 bits per heavy atom. The summed E-state index contributed by atoms with van der Waals surface area (Å²) in [6, 6.07) is 1.95. The fraction of sp³-hybridized carbons (Fsp3) is 0.667. The molecule has 0 aliphatic rings. The minimum atomic E-state index is -0.133. The molecule has 0 amide bonds. The van der Waals surface area contributed by atoms with Crippen LogP contribution in [0.5, 0.6) is 0 Å². The Morgan fingerprint density at radius 3 is 2.78 bits per heavy atom. The Bertz CT molecular complexity index is 119. The van der Waals surface area contributed by atoms with Crippen molar-refractivity contribution in [3.8, 4) is 6.07 Å². The third kappa shape index (κ3) is 3.99. The van der Waals surface area contributed by atoms with Gasteiger partial charge in [-0.05, 0) is 6.42 Å². The second-order valence-electron chi connectivity index (χ2n) is 1.75. The zero-order valence-electron chi connectivity index (χ0n) is 5.01. The predicted molar refractivity (Wildman–Crippen MR) is 35.1 cm³/mol. The highest BCUT2D eigenvalue weighted by Crippen LogP contribution is 2.03. The van der Waals surface area contributed by atoms with Crippen molar-refractivity contribution in [2.24, 2.45) is 5.92 Å². The molecule has 0 heterocycles. The van der Waals surface area contributed by atoms with Crippen LogP contribution in [0.25, 0.3) is 0 Å². The van der Waals surface area contributed by atoms with Crippen molar-refractivity contribution in [1.82, 2.24) is 0 Å². The lowest BCUT2D eigenvalue weighted by atomic mass is 10.1. The largest absolute Gasteiger partial charge is 0.303 e. The van der Waals surface area contributed by atoms with E-state index in [0.29, 0.717) is 18.7 Å². The molecule has 2 nitrogen and oxygen atoms in total. The van der Waals surface area contributed by atoms with Gasteiger partial charge in [0.2, 0.25) is 0 Å². The Balaban J connectivity index is 3.33. The Labute approximate surface area is 59.4 Å². The van der Waals surface area contributed by atoms with Gasteiger partial charge in [-0.2, -0.15) is 5.26 Å². The van der Waals surface area contributed by atoms with Crippen molar-refractivity contribution in [1.29, 1.82) is 5.26 Å². The second-order valence-corrected chi connectivity index (χ2v) is 2.06. The maximum atomic E-state index is 10.0. The number of carbonyl (C=O) groups is 1. The fourth-order valence-corrected chi connectivity index (χ4v) is 0.659. The minimum absolute atomic E-state index is 0.133. The average molecular weight is 146 g/mol. The number of hydrogen-bond donors (Lipinski definition) is 0. The van der Waals surface area contributed by atoms with Gasteiger partial charge in [0.1, 0.15) is 6.29 Å². The third-order valence-corrected chi connectivity index (χ3v) is 1.41. The molecule has 0 radical (unpaired) electrons. The highest BCUT2D eigenvalue weighted by molar-refractivity contribution is 6.18. The van der Waals surface area contributed by atoms with E-state index in [1.54, 1.807) is 0 Å². The molecular formula is C6H8ClNO. The maximum absolute atomic E-state index is 10.0. The van der Waals surface area contributed by atoms with E-state index in [4.69, 9.17) is 16.9 Å². The van der Waals surface area contributed by atoms with Gasteiger partial charge in [0.25, 0.3) is 0 Å². The SMILES string of the molecule is N#CCCC(C=O)CCl. The molecule has 0 aliphatic carbocycles. The van der Waals surface area contributed by atoms with Gasteiger partial charge in [-0.25, -0.2) is 0 Å². The summed E-state index contributed by atoms with van der Waals surface area (Å²) >= 11 is 5.36. The second kappa shape index (κ2) is 5.58. The monoisotopic (exact) mass is 145 g/mol. The zero-order chi connectivity index (χ0) is 7.11. The topological polar surface area (TPSA) is 40.9 Å². The molecule has 0 aromatic heterocycles. The molecule has 0 aromatic rings. The molecule has 50 valence electrons. The first-order valence-corrected chi connectivity index (χ1v) is 3.26. The van der Waals surface area contributed by atoms with E-state index in [9.17, 15) is 4.79 Å². The summed E-state index contributed by atoms with van der Waals surface area (Å²) in [4.78, 5) is 10.0. The summed E-state index contributed by atoms with van der Waals surface area (Å²) in [7, 11) is 0. The number of carbonyl (C=O) groups excluding carboxylic acids is 1. The van der Waals surface area contributed by atoms with Crippen LogP contribution in [0.3, 0.4) is 0 Å². The molecule has 0 saturated heterocycles. The van der Waals surface area contributed by atoms with Gasteiger partial charge in [0, 0.05) is 18.2 Å². The minimum Gasteiger partial charge on any atom is -0.303 e. The van der Waals surface area contributed by atoms with Crippen LogP contribution in [0.4, 0.5) is 0 Å². The average Bonchev–Trinajstić information content (AvgIpc) is 1.91. The predicted octanol–water partition coefficient (Wildman–Crippen LogP) is 1.34. The lowest BCUT2D eigenvalue weighted by molar-refractivity contribution is -0.110. The number of hydrogen-bond acceptors (Lipinski definition) is 2. The van der Waals surface area contributed by atoms with E-state index in [0.717, 1.165) is 6.29 Å². The third-order valence-electron chi connectivity index (χ3n) is 1.02. The van der Waals surface area contributed by atoms with E-state index in [1.165, 1.54) is 0 Å². The van der Waals surface area contributed by atoms with E-state index < -0.39 is 0 Å². The lowest BCUT2D eigenvalue weighted by Crippen LogP contribution is -2.02. The summed E-state index contributed by atoms with van der Waals surface area (Å²) in [5.74, 6) is 0.192. The van der Waals surface area contributed by atoms with Crippen LogP contribution >= 0.6 is 11.6 Å². The molecule has 9 heavy (non-hydrogen) atoms. The Hall–Kier alpha value is -0.550. The first kappa shape index (κ1) is 8.45. The normalized spacial score (nSPS) is 12.0. The summed E-state index contributed by atoms with van der Waals surface area (Å²) in [5.41, 5.74) is 0. The van der Waals surface area contributed by atoms with E-state index in [-0.39, 0.29) is 5.92 Å². The number of nitrogens with zero attached hydrogens (tertiary/aromatic N) is 1. The van der Waals surface area contributed by atoms with Gasteiger partial charge in [-0.3, -0.25) is 0 Å². The standard InChI is InChI=1S/C6H8ClNO/c7-4-6(5-9)2-1-3-8/h5-6H,1-2,4H2. The van der Waals surface area contributed by atoms with Gasteiger partial charge in [0.15, 0.2) is 0 Å². The molecule has 0 fully saturated rings. The van der Waals surface area contributed by atoms with E-state index in [1.807, 2.05) is 6.07 Å². The quantitative estimate of drug-likeness (QED) is 0.443. The molecule has 0 rings (SSSR count). The van der Waals surface area contributed by atoms with Crippen molar-refractivity contribution in [2.45, 2.75) is 12.8 Å². The highest BCUT2D eigenvalue weighted by atomic mass is 35.5. The smallest absolute Gasteiger partial charge is 0.124 e. The Kier molecular flexibility index (Phi) is 5.24. The van der Waals surface area contributed by atoms with E-state index in [2.05, 4.69) is 0 Å². The molecule has 0 aliphatic heterocycles. The van der Waals surface area contributed by atoms with Gasteiger partial charge in [0.05, 0.1) is 6.07 Å². The van der Waals surface area contributed by atoms with Crippen molar-refractivity contribution >= 4 is 17.9 Å². The van der Waals surface area contributed by atoms with Crippen LogP contribution < -0.4 is 0 Å². The van der Waals surface area contributed by atoms with E-state index >= 15 is 0 Å². The molecule has 0 aromatic carbocycles. The summed E-state index contributed by atoms with van der Waals surface area (Å²) in [6.07, 6.45) is 1.80. The first-order valence-electron chi connectivity index (χ1n) is 2.73. The summed E-state index contributed by atoms with van der Waals surface area (Å²) < 4.78 is 0. The van der Waals surface area contributed by atoms with Crippen molar-refractivity contribution in [2.75, 3.05) is 5.88 Å².